The van der Waals surface area contributed by atoms with E-state index in [4.69, 9.17) is 4.74 Å². The molecule has 3 aromatic heterocycles. The van der Waals surface area contributed by atoms with Crippen LogP contribution < -0.4 is 10.1 Å². The van der Waals surface area contributed by atoms with E-state index in [-0.39, 0.29) is 0 Å². The van der Waals surface area contributed by atoms with Crippen molar-refractivity contribution in [2.24, 2.45) is 0 Å². The van der Waals surface area contributed by atoms with Crippen molar-refractivity contribution in [1.29, 1.82) is 0 Å². The number of nitrogens with zero attached hydrogens (tertiary/aromatic N) is 5. The number of nitrogens with one attached hydrogen (secondary N) is 1. The number of aryl methyl sites for hydroxylation is 1. The number of hydrogen-bond acceptors (Lipinski definition) is 6. The Hall–Kier alpha value is -2.96. The third-order valence-electron chi connectivity index (χ3n) is 2.85. The summed E-state index contributed by atoms with van der Waals surface area (Å²) in [4.78, 5) is 8.63. The van der Waals surface area contributed by atoms with Crippen LogP contribution in [0, 0.1) is 6.92 Å². The molecule has 0 atom stereocenters. The summed E-state index contributed by atoms with van der Waals surface area (Å²) in [5.41, 5.74) is 1.75. The lowest BCUT2D eigenvalue weighted by molar-refractivity contribution is 0.396. The van der Waals surface area contributed by atoms with Gasteiger partial charge in [-0.25, -0.2) is 4.98 Å². The van der Waals surface area contributed by atoms with E-state index in [1.807, 2.05) is 35.9 Å². The molecule has 0 fully saturated rings. The molecule has 0 aliphatic heterocycles. The molecule has 21 heavy (non-hydrogen) atoms. The highest BCUT2D eigenvalue weighted by molar-refractivity contribution is 5.55. The van der Waals surface area contributed by atoms with Crippen LogP contribution in [0.4, 0.5) is 11.6 Å². The van der Waals surface area contributed by atoms with Crippen molar-refractivity contribution in [2.75, 3.05) is 12.4 Å². The summed E-state index contributed by atoms with van der Waals surface area (Å²) >= 11 is 0. The molecule has 0 spiro atoms. The van der Waals surface area contributed by atoms with Crippen LogP contribution in [-0.4, -0.2) is 31.8 Å². The number of aromatic nitrogens is 5. The summed E-state index contributed by atoms with van der Waals surface area (Å²) in [6, 6.07) is 7.37. The number of rotatable bonds is 4. The molecular formula is C14H14N6O. The molecule has 3 rings (SSSR count). The van der Waals surface area contributed by atoms with Crippen LogP contribution in [0.15, 0.2) is 43.0 Å². The number of methoxy groups -OCH3 is 1. The third-order valence-corrected chi connectivity index (χ3v) is 2.85. The molecule has 0 bridgehead atoms. The topological polar surface area (TPSA) is 77.8 Å². The molecule has 3 heterocycles. The van der Waals surface area contributed by atoms with Crippen molar-refractivity contribution in [3.63, 3.8) is 0 Å². The molecule has 106 valence electrons. The first-order chi connectivity index (χ1) is 10.3. The van der Waals surface area contributed by atoms with Crippen molar-refractivity contribution in [2.45, 2.75) is 6.92 Å². The maximum Gasteiger partial charge on any atom is 0.240 e. The second kappa shape index (κ2) is 5.58. The van der Waals surface area contributed by atoms with Crippen molar-refractivity contribution >= 4 is 11.6 Å². The molecule has 0 unspecified atom stereocenters. The van der Waals surface area contributed by atoms with E-state index in [0.717, 1.165) is 11.4 Å². The minimum atomic E-state index is 0.501. The van der Waals surface area contributed by atoms with Gasteiger partial charge in [0.1, 0.15) is 11.5 Å². The Morgan fingerprint density at radius 3 is 2.76 bits per heavy atom. The number of hydrogen-bond donors (Lipinski definition) is 1. The predicted octanol–water partition coefficient (Wildman–Crippen LogP) is 2.12. The summed E-state index contributed by atoms with van der Waals surface area (Å²) in [5.74, 6) is 1.76. The quantitative estimate of drug-likeness (QED) is 0.789. The van der Waals surface area contributed by atoms with Crippen molar-refractivity contribution in [3.8, 4) is 11.6 Å². The van der Waals surface area contributed by atoms with Gasteiger partial charge in [-0.1, -0.05) is 0 Å². The highest BCUT2D eigenvalue weighted by Gasteiger charge is 2.09. The largest absolute Gasteiger partial charge is 0.479 e. The van der Waals surface area contributed by atoms with Gasteiger partial charge in [0, 0.05) is 12.4 Å². The zero-order valence-corrected chi connectivity index (χ0v) is 11.7. The molecule has 0 aliphatic carbocycles. The predicted molar refractivity (Wildman–Crippen MR) is 78.0 cm³/mol. The lowest BCUT2D eigenvalue weighted by atomic mass is 10.3. The van der Waals surface area contributed by atoms with E-state index in [1.165, 1.54) is 0 Å². The summed E-state index contributed by atoms with van der Waals surface area (Å²) in [7, 11) is 1.59. The minimum absolute atomic E-state index is 0.501. The Morgan fingerprint density at radius 1 is 1.19 bits per heavy atom. The molecule has 0 saturated heterocycles. The molecule has 3 aromatic rings. The number of ether oxygens (including phenoxy) is 1. The van der Waals surface area contributed by atoms with Gasteiger partial charge in [0.15, 0.2) is 5.82 Å². The first-order valence-corrected chi connectivity index (χ1v) is 6.37. The average molecular weight is 282 g/mol. The van der Waals surface area contributed by atoms with E-state index in [2.05, 4.69) is 25.5 Å². The van der Waals surface area contributed by atoms with Gasteiger partial charge in [-0.3, -0.25) is 0 Å². The summed E-state index contributed by atoms with van der Waals surface area (Å²) < 4.78 is 7.22. The number of imidazole rings is 1. The highest BCUT2D eigenvalue weighted by atomic mass is 16.5. The maximum absolute atomic E-state index is 5.35. The molecule has 0 saturated carbocycles. The maximum atomic E-state index is 5.35. The van der Waals surface area contributed by atoms with E-state index < -0.39 is 0 Å². The van der Waals surface area contributed by atoms with E-state index >= 15 is 0 Å². The van der Waals surface area contributed by atoms with Gasteiger partial charge in [-0.15, -0.1) is 5.10 Å². The molecule has 0 aliphatic rings. The summed E-state index contributed by atoms with van der Waals surface area (Å²) in [5, 5.41) is 10.8. The second-order valence-electron chi connectivity index (χ2n) is 4.38. The van der Waals surface area contributed by atoms with E-state index in [0.29, 0.717) is 17.5 Å². The molecule has 0 radical (unpaired) electrons. The van der Waals surface area contributed by atoms with Gasteiger partial charge < -0.3 is 14.6 Å². The first kappa shape index (κ1) is 13.0. The Balaban J connectivity index is 1.92. The molecule has 7 nitrogen and oxygen atoms in total. The zero-order chi connectivity index (χ0) is 14.7. The molecule has 0 aromatic carbocycles. The van der Waals surface area contributed by atoms with Crippen LogP contribution in [0.25, 0.3) is 5.69 Å². The van der Waals surface area contributed by atoms with Gasteiger partial charge in [0.25, 0.3) is 0 Å². The third kappa shape index (κ3) is 2.81. The fraction of sp³-hybridized carbons (Fsp3) is 0.143. The van der Waals surface area contributed by atoms with Gasteiger partial charge >= 0.3 is 0 Å². The highest BCUT2D eigenvalue weighted by Crippen LogP contribution is 2.24. The van der Waals surface area contributed by atoms with E-state index in [1.54, 1.807) is 25.7 Å². The van der Waals surface area contributed by atoms with Crippen molar-refractivity contribution in [3.05, 3.63) is 48.7 Å². The Bertz CT molecular complexity index is 740. The van der Waals surface area contributed by atoms with Crippen LogP contribution in [-0.2, 0) is 0 Å². The van der Waals surface area contributed by atoms with Gasteiger partial charge in [0.2, 0.25) is 5.88 Å². The van der Waals surface area contributed by atoms with Gasteiger partial charge in [0.05, 0.1) is 19.1 Å². The average Bonchev–Trinajstić information content (AvgIpc) is 2.94. The fourth-order valence-electron chi connectivity index (χ4n) is 1.90. The first-order valence-electron chi connectivity index (χ1n) is 6.37. The zero-order valence-electron chi connectivity index (χ0n) is 11.7. The minimum Gasteiger partial charge on any atom is -0.479 e. The SMILES string of the molecule is COc1nc(Nc2cccnn2)ccc1-n1cnc(C)c1. The molecule has 7 heteroatoms. The standard InChI is InChI=1S/C14H14N6O/c1-10-8-20(9-15-10)11-5-6-12(18-14(11)21-2)17-13-4-3-7-16-19-13/h3-9H,1-2H3,(H,17,18,19). The van der Waals surface area contributed by atoms with Crippen LogP contribution in [0.2, 0.25) is 0 Å². The lowest BCUT2D eigenvalue weighted by Gasteiger charge is -2.10. The smallest absolute Gasteiger partial charge is 0.240 e. The van der Waals surface area contributed by atoms with Gasteiger partial charge in [-0.05, 0) is 31.2 Å². The van der Waals surface area contributed by atoms with Gasteiger partial charge in [-0.2, -0.15) is 10.1 Å². The van der Waals surface area contributed by atoms with Crippen LogP contribution in [0.5, 0.6) is 5.88 Å². The van der Waals surface area contributed by atoms with Crippen molar-refractivity contribution < 1.29 is 4.74 Å². The van der Waals surface area contributed by atoms with Crippen molar-refractivity contribution in [1.82, 2.24) is 24.7 Å². The normalized spacial score (nSPS) is 10.4. The second-order valence-corrected chi connectivity index (χ2v) is 4.38. The van der Waals surface area contributed by atoms with E-state index in [9.17, 15) is 0 Å². The monoisotopic (exact) mass is 282 g/mol. The summed E-state index contributed by atoms with van der Waals surface area (Å²) in [6.45, 7) is 1.93. The Kier molecular flexibility index (Phi) is 3.46. The Morgan fingerprint density at radius 2 is 2.10 bits per heavy atom. The summed E-state index contributed by atoms with van der Waals surface area (Å²) in [6.07, 6.45) is 5.25. The fourth-order valence-corrected chi connectivity index (χ4v) is 1.90. The molecule has 0 amide bonds. The Labute approximate surface area is 121 Å². The lowest BCUT2D eigenvalue weighted by Crippen LogP contribution is -2.02. The molecule has 1 N–H and O–H groups in total. The van der Waals surface area contributed by atoms with Crippen LogP contribution in [0.1, 0.15) is 5.69 Å². The number of anilines is 2. The van der Waals surface area contributed by atoms with Crippen LogP contribution in [0.3, 0.4) is 0 Å². The number of pyridine rings is 1. The van der Waals surface area contributed by atoms with Crippen LogP contribution >= 0.6 is 0 Å². The molecular weight excluding hydrogens is 268 g/mol.